The highest BCUT2D eigenvalue weighted by molar-refractivity contribution is 6.96. The largest absolute Gasteiger partial charge is 0.469 e. The van der Waals surface area contributed by atoms with Crippen molar-refractivity contribution in [3.63, 3.8) is 0 Å². The number of hydrogen-bond donors (Lipinski definition) is 8. The minimum absolute atomic E-state index is 0.0745. The van der Waals surface area contributed by atoms with Crippen LogP contribution in [0.25, 0.3) is 0 Å². The molecule has 97 heavy (non-hydrogen) atoms. The van der Waals surface area contributed by atoms with Crippen molar-refractivity contribution in [2.24, 2.45) is 5.41 Å². The summed E-state index contributed by atoms with van der Waals surface area (Å²) < 4.78 is 74.4. The van der Waals surface area contributed by atoms with Crippen molar-refractivity contribution < 1.29 is 92.7 Å². The molecular formula is C64H162O20Si13. The van der Waals surface area contributed by atoms with Crippen molar-refractivity contribution in [3.05, 3.63) is 0 Å². The molecule has 4 unspecified atom stereocenters. The maximum absolute atomic E-state index is 9.57. The van der Waals surface area contributed by atoms with Crippen LogP contribution in [0.2, 0.25) is 226 Å². The average Bonchev–Trinajstić information content (AvgIpc) is 0.881. The second-order valence-corrected chi connectivity index (χ2v) is 94.0. The van der Waals surface area contributed by atoms with E-state index >= 15 is 0 Å². The minimum Gasteiger partial charge on any atom is -0.456 e. The van der Waals surface area contributed by atoms with Crippen LogP contribution in [0.15, 0.2) is 0 Å². The maximum atomic E-state index is 9.57. The summed E-state index contributed by atoms with van der Waals surface area (Å²) in [5.41, 5.74) is 0.788. The quantitative estimate of drug-likeness (QED) is 0.0208. The van der Waals surface area contributed by atoms with Crippen molar-refractivity contribution in [1.82, 2.24) is 0 Å². The van der Waals surface area contributed by atoms with Gasteiger partial charge < -0.3 is 92.7 Å². The van der Waals surface area contributed by atoms with Gasteiger partial charge in [-0.1, -0.05) is 58.7 Å². The molecule has 0 amide bonds. The Labute approximate surface area is 610 Å². The van der Waals surface area contributed by atoms with E-state index in [4.69, 9.17) is 67.2 Å². The predicted molar refractivity (Wildman–Crippen MR) is 439 cm³/mol. The second kappa shape index (κ2) is 49.9. The van der Waals surface area contributed by atoms with Crippen molar-refractivity contribution in [2.45, 2.75) is 322 Å². The molecule has 0 saturated carbocycles. The highest BCUT2D eigenvalue weighted by atomic mass is 28.5. The summed E-state index contributed by atoms with van der Waals surface area (Å²) in [6.07, 6.45) is 8.88. The maximum Gasteiger partial charge on any atom is 0.469 e. The summed E-state index contributed by atoms with van der Waals surface area (Å²) in [6.45, 7) is 72.1. The van der Waals surface area contributed by atoms with Gasteiger partial charge in [0, 0.05) is 46.0 Å². The lowest BCUT2D eigenvalue weighted by atomic mass is 9.88. The first kappa shape index (κ1) is 105. The third-order valence-electron chi connectivity index (χ3n) is 13.4. The zero-order valence-electron chi connectivity index (χ0n) is 68.7. The average molecular weight is 1620 g/mol. The molecule has 0 saturated heterocycles. The smallest absolute Gasteiger partial charge is 0.456 e. The molecule has 20 nitrogen and oxygen atoms in total. The fraction of sp³-hybridized carbons (Fsp3) is 1.00. The van der Waals surface area contributed by atoms with Crippen molar-refractivity contribution >= 4 is 109 Å². The molecular weight excluding hydrogens is 1450 g/mol. The van der Waals surface area contributed by atoms with Crippen LogP contribution >= 0.6 is 0 Å². The summed E-state index contributed by atoms with van der Waals surface area (Å²) in [7, 11) is -23.2. The third kappa shape index (κ3) is 69.5. The van der Waals surface area contributed by atoms with Crippen LogP contribution in [0.1, 0.15) is 77.6 Å². The van der Waals surface area contributed by atoms with E-state index in [1.807, 2.05) is 6.92 Å². The Hall–Kier alpha value is 2.02. The second-order valence-electron chi connectivity index (χ2n) is 36.3. The molecule has 0 bridgehead atoms. The van der Waals surface area contributed by atoms with E-state index < -0.39 is 133 Å². The molecule has 0 aliphatic carbocycles. The Balaban J connectivity index is -0.000000597. The highest BCUT2D eigenvalue weighted by Crippen LogP contribution is 2.33. The van der Waals surface area contributed by atoms with Crippen LogP contribution in [-0.2, 0) is 51.9 Å². The third-order valence-corrected chi connectivity index (χ3v) is 57.8. The van der Waals surface area contributed by atoms with Gasteiger partial charge in [-0.2, -0.15) is 0 Å². The van der Waals surface area contributed by atoms with Gasteiger partial charge in [0.25, 0.3) is 0 Å². The lowest BCUT2D eigenvalue weighted by Crippen LogP contribution is -2.60. The Bertz CT molecular complexity index is 1820. The number of unbranched alkanes of at least 4 members (excludes halogenated alkanes) is 6. The summed E-state index contributed by atoms with van der Waals surface area (Å²) in [4.78, 5) is 0. The van der Waals surface area contributed by atoms with Crippen molar-refractivity contribution in [3.8, 4) is 0 Å². The van der Waals surface area contributed by atoms with Gasteiger partial charge in [0.1, 0.15) is 18.3 Å². The summed E-state index contributed by atoms with van der Waals surface area (Å²) >= 11 is 0. The highest BCUT2D eigenvalue weighted by Gasteiger charge is 2.50. The Kier molecular flexibility index (Phi) is 54.2. The number of ether oxygens (including phenoxy) is 4. The molecule has 0 rings (SSSR count). The van der Waals surface area contributed by atoms with Crippen LogP contribution in [0.3, 0.4) is 0 Å². The van der Waals surface area contributed by atoms with E-state index in [1.54, 1.807) is 0 Å². The van der Waals surface area contributed by atoms with Gasteiger partial charge in [0.15, 0.2) is 74.9 Å². The first-order valence-corrected chi connectivity index (χ1v) is 77.4. The molecule has 0 aromatic rings. The molecule has 0 aromatic heterocycles. The molecule has 0 spiro atoms. The van der Waals surface area contributed by atoms with Gasteiger partial charge >= 0.3 is 25.9 Å². The zero-order valence-corrected chi connectivity index (χ0v) is 81.7. The Morgan fingerprint density at radius 2 is 0.567 bits per heavy atom. The zero-order chi connectivity index (χ0) is 76.7. The van der Waals surface area contributed by atoms with E-state index in [9.17, 15) is 25.5 Å². The SMILES string of the molecule is CCC(CO)(CO)COCCC[Si](O[Si](C)(C)C)(O[Si](C)(C)C)O[Si](C)(C)C.C[Si](C)(C)C[Si](C)(CCCCCOCC(O)CO)O[Si](C)(C)C.C[Si](C)(C)O[Si](C)(CCCCCCOCC(O)CO)O[Si](C)(C)C.C[Si](C)(C)O[Si](C)(CCCCOCC(O)CO)O[Si](C)(C)C. The Morgan fingerprint density at radius 1 is 0.299 bits per heavy atom. The van der Waals surface area contributed by atoms with Gasteiger partial charge in [-0.15, -0.1) is 0 Å². The molecule has 0 heterocycles. The molecule has 0 radical (unpaired) electrons. The topological polar surface area (TPSA) is 273 Å². The van der Waals surface area contributed by atoms with E-state index in [0.29, 0.717) is 39.5 Å². The number of hydrogen-bond acceptors (Lipinski definition) is 20. The molecule has 4 atom stereocenters. The lowest BCUT2D eigenvalue weighted by molar-refractivity contribution is -0.0300. The summed E-state index contributed by atoms with van der Waals surface area (Å²) in [5, 5.41) is 72.8. The van der Waals surface area contributed by atoms with E-state index in [1.165, 1.54) is 18.1 Å². The Morgan fingerprint density at radius 3 is 0.845 bits per heavy atom. The van der Waals surface area contributed by atoms with E-state index in [0.717, 1.165) is 75.9 Å². The van der Waals surface area contributed by atoms with Crippen LogP contribution in [-0.4, -0.2) is 254 Å². The van der Waals surface area contributed by atoms with E-state index in [-0.39, 0.29) is 52.9 Å². The molecule has 590 valence electrons. The number of aliphatic hydroxyl groups excluding tert-OH is 8. The fourth-order valence-electron chi connectivity index (χ4n) is 11.0. The summed E-state index contributed by atoms with van der Waals surface area (Å²) in [5.74, 6) is 0. The minimum atomic E-state index is -2.82. The number of rotatable bonds is 54. The molecule has 0 aliphatic rings. The lowest BCUT2D eigenvalue weighted by Gasteiger charge is -2.43. The predicted octanol–water partition coefficient (Wildman–Crippen LogP) is 14.7. The van der Waals surface area contributed by atoms with E-state index in [2.05, 4.69) is 196 Å². The first-order valence-electron chi connectivity index (χ1n) is 36.6. The van der Waals surface area contributed by atoms with Gasteiger partial charge in [-0.25, -0.2) is 0 Å². The van der Waals surface area contributed by atoms with Crippen molar-refractivity contribution in [1.29, 1.82) is 0 Å². The van der Waals surface area contributed by atoms with Crippen LogP contribution in [0, 0.1) is 5.41 Å². The fourth-order valence-corrected chi connectivity index (χ4v) is 68.8. The standard InChI is InChI=1S/C18H46O6Si4.C16H40O5Si3.C16H40O4Si3.C14H36O5Si3/c1-11-18(15-19,16-20)17-21-13-12-14-28(22-25(2,3)4,23-26(5,6)7)24-27(8,9)10;1-22(2,3)20-24(7,21-23(4,5)6)13-11-9-8-10-12-19-15-16(18)14-17;1-21(2,3)15-23(7,20-22(4,5)6)12-10-8-9-11-19-14-16(18)13-17;1-20(2,3)18-22(7,19-21(4,5)6)11-9-8-10-17-13-14(16)12-15/h19-20H,11-17H2,1-10H3;16-18H,8-15H2,1-7H3;16-18H,8-15H2,1-7H3;14-16H,8-13H2,1-7H3. The van der Waals surface area contributed by atoms with Crippen molar-refractivity contribution in [2.75, 3.05) is 85.9 Å². The normalized spacial score (nSPS) is 15.4. The monoisotopic (exact) mass is 1610 g/mol. The van der Waals surface area contributed by atoms with Crippen LogP contribution < -0.4 is 0 Å². The molecule has 33 heteroatoms. The molecule has 8 N–H and O–H groups in total. The van der Waals surface area contributed by atoms with Gasteiger partial charge in [-0.3, -0.25) is 0 Å². The molecule has 0 aliphatic heterocycles. The van der Waals surface area contributed by atoms with Gasteiger partial charge in [0.05, 0.1) is 59.5 Å². The van der Waals surface area contributed by atoms with Crippen LogP contribution in [0.4, 0.5) is 0 Å². The molecule has 0 aromatic carbocycles. The van der Waals surface area contributed by atoms with Gasteiger partial charge in [-0.05, 0) is 239 Å². The van der Waals surface area contributed by atoms with Gasteiger partial charge in [0.2, 0.25) is 0 Å². The van der Waals surface area contributed by atoms with Crippen LogP contribution in [0.5, 0.6) is 0 Å². The molecule has 0 fully saturated rings. The number of aliphatic hydroxyl groups is 8. The first-order chi connectivity index (χ1) is 43.6. The summed E-state index contributed by atoms with van der Waals surface area (Å²) in [6, 6.07) is 4.03.